The van der Waals surface area contributed by atoms with Gasteiger partial charge in [-0.15, -0.1) is 0 Å². The van der Waals surface area contributed by atoms with Crippen LogP contribution in [0.4, 0.5) is 0 Å². The van der Waals surface area contributed by atoms with Crippen LogP contribution in [0.2, 0.25) is 0 Å². The Balaban J connectivity index is 3.28. The maximum atomic E-state index is 2.38. The van der Waals surface area contributed by atoms with Gasteiger partial charge in [-0.3, -0.25) is 0 Å². The summed E-state index contributed by atoms with van der Waals surface area (Å²) in [5, 5.41) is 0. The van der Waals surface area contributed by atoms with E-state index >= 15 is 0 Å². The minimum absolute atomic E-state index is 0.540. The van der Waals surface area contributed by atoms with Crippen molar-refractivity contribution in [3.05, 3.63) is 0 Å². The molecule has 0 bridgehead atoms. The van der Waals surface area contributed by atoms with E-state index in [9.17, 15) is 0 Å². The van der Waals surface area contributed by atoms with Crippen molar-refractivity contribution >= 4 is 10.9 Å². The molecule has 0 fully saturated rings. The highest BCUT2D eigenvalue weighted by Crippen LogP contribution is 2.20. The van der Waals surface area contributed by atoms with Gasteiger partial charge >= 0.3 is 0 Å². The van der Waals surface area contributed by atoms with Gasteiger partial charge < -0.3 is 0 Å². The minimum atomic E-state index is 0.540. The fourth-order valence-electron chi connectivity index (χ4n) is 0.993. The summed E-state index contributed by atoms with van der Waals surface area (Å²) >= 11 is 0. The molecular weight excluding hydrogens is 152 g/mol. The third-order valence-electron chi connectivity index (χ3n) is 1.91. The molecule has 1 unspecified atom stereocenters. The van der Waals surface area contributed by atoms with Crippen molar-refractivity contribution < 1.29 is 0 Å². The molecule has 0 nitrogen and oxygen atoms in total. The molecule has 0 aromatic carbocycles. The van der Waals surface area contributed by atoms with Crippen LogP contribution in [0.15, 0.2) is 0 Å². The van der Waals surface area contributed by atoms with Crippen LogP contribution in [-0.4, -0.2) is 17.8 Å². The first kappa shape index (κ1) is 11.4. The summed E-state index contributed by atoms with van der Waals surface area (Å²) in [7, 11) is 0.688. The molecule has 0 rings (SSSR count). The summed E-state index contributed by atoms with van der Waals surface area (Å²) < 4.78 is 0. The predicted molar refractivity (Wildman–Crippen MR) is 57.4 cm³/mol. The van der Waals surface area contributed by atoms with E-state index in [0.717, 1.165) is 0 Å². The average Bonchev–Trinajstić information content (AvgIpc) is 1.85. The van der Waals surface area contributed by atoms with Gasteiger partial charge in [-0.2, -0.15) is 0 Å². The molecule has 0 radical (unpaired) electrons. The molecular formula is C10H23S+. The van der Waals surface area contributed by atoms with Gasteiger partial charge in [-0.25, -0.2) is 0 Å². The lowest BCUT2D eigenvalue weighted by Gasteiger charge is -2.16. The molecule has 0 aliphatic carbocycles. The number of hydrogen-bond donors (Lipinski definition) is 0. The van der Waals surface area contributed by atoms with Gasteiger partial charge in [0, 0.05) is 0 Å². The van der Waals surface area contributed by atoms with Crippen molar-refractivity contribution in [2.24, 2.45) is 5.41 Å². The number of rotatable bonds is 4. The Morgan fingerprint density at radius 1 is 1.18 bits per heavy atom. The van der Waals surface area contributed by atoms with Crippen LogP contribution in [0, 0.1) is 5.41 Å². The molecule has 0 saturated carbocycles. The lowest BCUT2D eigenvalue weighted by Crippen LogP contribution is -2.11. The molecule has 0 aliphatic heterocycles. The summed E-state index contributed by atoms with van der Waals surface area (Å²) in [4.78, 5) is 0. The highest BCUT2D eigenvalue weighted by Gasteiger charge is 2.13. The van der Waals surface area contributed by atoms with Gasteiger partial charge in [0.05, 0.1) is 6.26 Å². The summed E-state index contributed by atoms with van der Waals surface area (Å²) in [6, 6.07) is 0. The van der Waals surface area contributed by atoms with Crippen LogP contribution in [-0.2, 0) is 10.9 Å². The van der Waals surface area contributed by atoms with E-state index in [0.29, 0.717) is 16.3 Å². The van der Waals surface area contributed by atoms with Crippen LogP contribution in [0.25, 0.3) is 0 Å². The zero-order valence-electron chi connectivity index (χ0n) is 8.74. The molecule has 68 valence electrons. The zero-order chi connectivity index (χ0) is 8.91. The fraction of sp³-hybridized carbons (Fsp3) is 1.00. The van der Waals surface area contributed by atoms with Gasteiger partial charge in [0.15, 0.2) is 0 Å². The Labute approximate surface area is 75.1 Å². The van der Waals surface area contributed by atoms with Crippen molar-refractivity contribution in [1.82, 2.24) is 0 Å². The van der Waals surface area contributed by atoms with Crippen molar-refractivity contribution in [2.75, 3.05) is 17.8 Å². The van der Waals surface area contributed by atoms with Crippen molar-refractivity contribution in [2.45, 2.75) is 40.5 Å². The highest BCUT2D eigenvalue weighted by molar-refractivity contribution is 7.96. The first-order valence-electron chi connectivity index (χ1n) is 4.55. The van der Waals surface area contributed by atoms with Crippen molar-refractivity contribution in [3.63, 3.8) is 0 Å². The van der Waals surface area contributed by atoms with E-state index < -0.39 is 0 Å². The van der Waals surface area contributed by atoms with Gasteiger partial charge in [-0.1, -0.05) is 20.8 Å². The maximum absolute atomic E-state index is 2.38. The van der Waals surface area contributed by atoms with E-state index in [4.69, 9.17) is 0 Å². The van der Waals surface area contributed by atoms with E-state index in [1.165, 1.54) is 24.3 Å². The van der Waals surface area contributed by atoms with E-state index in [1.807, 2.05) is 0 Å². The highest BCUT2D eigenvalue weighted by atomic mass is 32.2. The Bertz CT molecular complexity index is 91.5. The van der Waals surface area contributed by atoms with Crippen molar-refractivity contribution in [3.8, 4) is 0 Å². The summed E-state index contributed by atoms with van der Waals surface area (Å²) in [6.07, 6.45) is 5.17. The molecule has 0 amide bonds. The minimum Gasteiger partial charge on any atom is -0.0602 e. The Morgan fingerprint density at radius 2 is 1.73 bits per heavy atom. The predicted octanol–water partition coefficient (Wildman–Crippen LogP) is 3.08. The molecule has 0 spiro atoms. The lowest BCUT2D eigenvalue weighted by atomic mass is 9.91. The van der Waals surface area contributed by atoms with E-state index in [-0.39, 0.29) is 0 Å². The second kappa shape index (κ2) is 5.08. The molecule has 1 heteroatoms. The smallest absolute Gasteiger partial charge is 0.0602 e. The fourth-order valence-corrected chi connectivity index (χ4v) is 1.92. The van der Waals surface area contributed by atoms with Gasteiger partial charge in [-0.05, 0) is 36.1 Å². The second-order valence-corrected chi connectivity index (χ2v) is 6.99. The third kappa shape index (κ3) is 8.25. The summed E-state index contributed by atoms with van der Waals surface area (Å²) in [5.41, 5.74) is 0.540. The number of hydrogen-bond acceptors (Lipinski definition) is 0. The van der Waals surface area contributed by atoms with Crippen LogP contribution < -0.4 is 0 Å². The lowest BCUT2D eigenvalue weighted by molar-refractivity contribution is 0.374. The first-order valence-corrected chi connectivity index (χ1v) is 6.52. The standard InChI is InChI=1S/C10H23S/c1-6-11(5)9-7-8-10(2,3)4/h6-9H2,1-5H3/q+1. The molecule has 0 aromatic rings. The quantitative estimate of drug-likeness (QED) is 0.576. The second-order valence-electron chi connectivity index (χ2n) is 4.44. The van der Waals surface area contributed by atoms with Gasteiger partial charge in [0.2, 0.25) is 0 Å². The molecule has 0 heterocycles. The molecule has 1 atom stereocenters. The van der Waals surface area contributed by atoms with Crippen LogP contribution in [0.5, 0.6) is 0 Å². The Hall–Kier alpha value is 0.350. The Kier molecular flexibility index (Phi) is 5.24. The van der Waals surface area contributed by atoms with E-state index in [2.05, 4.69) is 34.0 Å². The maximum Gasteiger partial charge on any atom is 0.107 e. The summed E-state index contributed by atoms with van der Waals surface area (Å²) in [5.74, 6) is 2.80. The van der Waals surface area contributed by atoms with E-state index in [1.54, 1.807) is 0 Å². The van der Waals surface area contributed by atoms with Crippen LogP contribution in [0.3, 0.4) is 0 Å². The van der Waals surface area contributed by atoms with Crippen molar-refractivity contribution in [1.29, 1.82) is 0 Å². The molecule has 0 N–H and O–H groups in total. The molecule has 0 saturated heterocycles. The van der Waals surface area contributed by atoms with Gasteiger partial charge in [0.1, 0.15) is 11.5 Å². The van der Waals surface area contributed by atoms with Gasteiger partial charge in [0.25, 0.3) is 0 Å². The Morgan fingerprint density at radius 3 is 2.09 bits per heavy atom. The van der Waals surface area contributed by atoms with Crippen LogP contribution >= 0.6 is 0 Å². The SMILES string of the molecule is CC[S+](C)CCCC(C)(C)C. The molecule has 11 heavy (non-hydrogen) atoms. The topological polar surface area (TPSA) is 0 Å². The average molecular weight is 175 g/mol. The summed E-state index contributed by atoms with van der Waals surface area (Å²) in [6.45, 7) is 9.27. The third-order valence-corrected chi connectivity index (χ3v) is 3.88. The normalized spacial score (nSPS) is 15.0. The molecule has 0 aromatic heterocycles. The molecule has 0 aliphatic rings. The zero-order valence-corrected chi connectivity index (χ0v) is 9.55. The first-order chi connectivity index (χ1) is 4.95. The largest absolute Gasteiger partial charge is 0.107 e. The monoisotopic (exact) mass is 175 g/mol. The van der Waals surface area contributed by atoms with Crippen LogP contribution in [0.1, 0.15) is 40.5 Å².